The lowest BCUT2D eigenvalue weighted by molar-refractivity contribution is 0.0663. The van der Waals surface area contributed by atoms with Gasteiger partial charge in [-0.25, -0.2) is 0 Å². The molecule has 0 aliphatic carbocycles. The van der Waals surface area contributed by atoms with E-state index < -0.39 is 0 Å². The molecule has 3 aromatic heterocycles. The molecule has 6 nitrogen and oxygen atoms in total. The summed E-state index contributed by atoms with van der Waals surface area (Å²) in [6, 6.07) is 6.40. The van der Waals surface area contributed by atoms with Crippen molar-refractivity contribution in [1.82, 2.24) is 19.9 Å². The summed E-state index contributed by atoms with van der Waals surface area (Å²) in [5, 5.41) is 8.67. The maximum atomic E-state index is 5.39. The highest BCUT2D eigenvalue weighted by Crippen LogP contribution is 2.32. The van der Waals surface area contributed by atoms with Gasteiger partial charge in [-0.15, -0.1) is 23.1 Å². The minimum Gasteiger partial charge on any atom is -0.381 e. The molecular formula is C15H16N4O2S2. The summed E-state index contributed by atoms with van der Waals surface area (Å²) in [5.74, 6) is 1.08. The minimum absolute atomic E-state index is 0.390. The molecule has 120 valence electrons. The number of aromatic nitrogens is 4. The van der Waals surface area contributed by atoms with Crippen LogP contribution in [0.5, 0.6) is 0 Å². The van der Waals surface area contributed by atoms with Crippen LogP contribution < -0.4 is 0 Å². The van der Waals surface area contributed by atoms with Gasteiger partial charge >= 0.3 is 0 Å². The normalized spacial score (nSPS) is 16.0. The van der Waals surface area contributed by atoms with Gasteiger partial charge in [-0.1, -0.05) is 5.16 Å². The van der Waals surface area contributed by atoms with Crippen LogP contribution >= 0.6 is 23.1 Å². The van der Waals surface area contributed by atoms with Crippen LogP contribution in [0.3, 0.4) is 0 Å². The van der Waals surface area contributed by atoms with Gasteiger partial charge in [-0.3, -0.25) is 4.68 Å². The van der Waals surface area contributed by atoms with E-state index >= 15 is 0 Å². The topological polar surface area (TPSA) is 66.0 Å². The van der Waals surface area contributed by atoms with Gasteiger partial charge in [0.1, 0.15) is 0 Å². The average molecular weight is 348 g/mol. The Hall–Kier alpha value is -1.64. The Morgan fingerprint density at radius 1 is 1.26 bits per heavy atom. The minimum atomic E-state index is 0.390. The number of nitrogens with zero attached hydrogens (tertiary/aromatic N) is 4. The highest BCUT2D eigenvalue weighted by molar-refractivity contribution is 8.00. The van der Waals surface area contributed by atoms with E-state index in [-0.39, 0.29) is 0 Å². The molecule has 0 amide bonds. The Morgan fingerprint density at radius 3 is 2.91 bits per heavy atom. The molecule has 1 aliphatic rings. The summed E-state index contributed by atoms with van der Waals surface area (Å²) >= 11 is 3.37. The van der Waals surface area contributed by atoms with E-state index in [2.05, 4.69) is 27.6 Å². The molecule has 3 aromatic rings. The quantitative estimate of drug-likeness (QED) is 0.669. The van der Waals surface area contributed by atoms with Crippen LogP contribution in [0.4, 0.5) is 0 Å². The van der Waals surface area contributed by atoms with Crippen LogP contribution in [0.15, 0.2) is 33.1 Å². The SMILES string of the molecule is CSc1ccc(-c2noc(-c3ccn(C4CCOCC4)n3)n2)s1. The van der Waals surface area contributed by atoms with E-state index in [4.69, 9.17) is 9.26 Å². The van der Waals surface area contributed by atoms with Gasteiger partial charge in [0.2, 0.25) is 5.82 Å². The third kappa shape index (κ3) is 3.06. The van der Waals surface area contributed by atoms with Crippen molar-refractivity contribution in [3.63, 3.8) is 0 Å². The van der Waals surface area contributed by atoms with E-state index in [0.29, 0.717) is 17.8 Å². The first-order valence-electron chi connectivity index (χ1n) is 7.44. The fraction of sp³-hybridized carbons (Fsp3) is 0.400. The fourth-order valence-corrected chi connectivity index (χ4v) is 4.05. The molecule has 8 heteroatoms. The lowest BCUT2D eigenvalue weighted by Crippen LogP contribution is -2.19. The molecule has 0 atom stereocenters. The van der Waals surface area contributed by atoms with Crippen molar-refractivity contribution in [3.8, 4) is 22.3 Å². The van der Waals surface area contributed by atoms with Gasteiger partial charge in [-0.05, 0) is 37.3 Å². The Bertz CT molecular complexity index is 789. The standard InChI is InChI=1S/C15H16N4O2S2/c1-22-13-3-2-12(23-13)14-16-15(21-18-14)11-4-7-19(17-11)10-5-8-20-9-6-10/h2-4,7,10H,5-6,8-9H2,1H3. The van der Waals surface area contributed by atoms with Crippen molar-refractivity contribution in [1.29, 1.82) is 0 Å². The van der Waals surface area contributed by atoms with Crippen LogP contribution in [0.1, 0.15) is 18.9 Å². The summed E-state index contributed by atoms with van der Waals surface area (Å²) in [6.07, 6.45) is 6.01. The van der Waals surface area contributed by atoms with Crippen LogP contribution in [0.2, 0.25) is 0 Å². The summed E-state index contributed by atoms with van der Waals surface area (Å²) < 4.78 is 14.0. The Morgan fingerprint density at radius 2 is 2.13 bits per heavy atom. The number of thioether (sulfide) groups is 1. The molecule has 4 heterocycles. The molecule has 23 heavy (non-hydrogen) atoms. The van der Waals surface area contributed by atoms with Gasteiger partial charge in [0.05, 0.1) is 15.1 Å². The van der Waals surface area contributed by atoms with Crippen molar-refractivity contribution in [2.24, 2.45) is 0 Å². The second-order valence-electron chi connectivity index (χ2n) is 5.27. The first-order chi connectivity index (χ1) is 11.3. The van der Waals surface area contributed by atoms with Gasteiger partial charge in [0.15, 0.2) is 5.69 Å². The summed E-state index contributed by atoms with van der Waals surface area (Å²) in [5.41, 5.74) is 0.719. The smallest absolute Gasteiger partial charge is 0.278 e. The molecule has 0 saturated carbocycles. The number of hydrogen-bond donors (Lipinski definition) is 0. The molecule has 4 rings (SSSR count). The number of rotatable bonds is 4. The molecule has 0 N–H and O–H groups in total. The van der Waals surface area contributed by atoms with Crippen molar-refractivity contribution in [3.05, 3.63) is 24.4 Å². The highest BCUT2D eigenvalue weighted by Gasteiger charge is 2.19. The Labute approximate surface area is 141 Å². The number of ether oxygens (including phenoxy) is 1. The van der Waals surface area contributed by atoms with Crippen LogP contribution in [0, 0.1) is 0 Å². The van der Waals surface area contributed by atoms with E-state index in [0.717, 1.165) is 36.6 Å². The first-order valence-corrected chi connectivity index (χ1v) is 9.49. The van der Waals surface area contributed by atoms with E-state index in [1.807, 2.05) is 23.0 Å². The summed E-state index contributed by atoms with van der Waals surface area (Å²) in [7, 11) is 0. The predicted molar refractivity (Wildman–Crippen MR) is 89.7 cm³/mol. The third-order valence-corrected chi connectivity index (χ3v) is 5.99. The largest absolute Gasteiger partial charge is 0.381 e. The van der Waals surface area contributed by atoms with Gasteiger partial charge in [0, 0.05) is 19.4 Å². The fourth-order valence-electron chi connectivity index (χ4n) is 2.58. The van der Waals surface area contributed by atoms with Gasteiger partial charge in [0.25, 0.3) is 5.89 Å². The Balaban J connectivity index is 1.55. The zero-order chi connectivity index (χ0) is 15.6. The molecule has 0 bridgehead atoms. The molecule has 0 spiro atoms. The zero-order valence-electron chi connectivity index (χ0n) is 12.6. The lowest BCUT2D eigenvalue weighted by atomic mass is 10.1. The number of thiophene rings is 1. The second kappa shape index (κ2) is 6.46. The molecule has 0 radical (unpaired) electrons. The predicted octanol–water partition coefficient (Wildman–Crippen LogP) is 3.74. The lowest BCUT2D eigenvalue weighted by Gasteiger charge is -2.22. The van der Waals surface area contributed by atoms with Crippen molar-refractivity contribution < 1.29 is 9.26 Å². The van der Waals surface area contributed by atoms with Crippen LogP contribution in [-0.2, 0) is 4.74 Å². The average Bonchev–Trinajstić information content (AvgIpc) is 3.33. The molecule has 1 fully saturated rings. The van der Waals surface area contributed by atoms with Gasteiger partial charge < -0.3 is 9.26 Å². The Kier molecular flexibility index (Phi) is 4.19. The molecule has 1 aliphatic heterocycles. The molecule has 0 unspecified atom stereocenters. The van der Waals surface area contributed by atoms with E-state index in [1.165, 1.54) is 4.21 Å². The van der Waals surface area contributed by atoms with Crippen molar-refractivity contribution >= 4 is 23.1 Å². The monoisotopic (exact) mass is 348 g/mol. The maximum absolute atomic E-state index is 5.39. The van der Waals surface area contributed by atoms with Crippen molar-refractivity contribution in [2.45, 2.75) is 23.1 Å². The second-order valence-corrected chi connectivity index (χ2v) is 7.46. The molecule has 0 aromatic carbocycles. The summed E-state index contributed by atoms with van der Waals surface area (Å²) in [6.45, 7) is 1.58. The van der Waals surface area contributed by atoms with Crippen LogP contribution in [0.25, 0.3) is 22.3 Å². The number of hydrogen-bond acceptors (Lipinski definition) is 7. The van der Waals surface area contributed by atoms with Crippen LogP contribution in [-0.4, -0.2) is 39.4 Å². The maximum Gasteiger partial charge on any atom is 0.278 e. The van der Waals surface area contributed by atoms with E-state index in [1.54, 1.807) is 23.1 Å². The van der Waals surface area contributed by atoms with Gasteiger partial charge in [-0.2, -0.15) is 10.1 Å². The molecular weight excluding hydrogens is 332 g/mol. The summed E-state index contributed by atoms with van der Waals surface area (Å²) in [4.78, 5) is 5.49. The van der Waals surface area contributed by atoms with Crippen molar-refractivity contribution in [2.75, 3.05) is 19.5 Å². The highest BCUT2D eigenvalue weighted by atomic mass is 32.2. The third-order valence-electron chi connectivity index (χ3n) is 3.82. The molecule has 1 saturated heterocycles. The zero-order valence-corrected chi connectivity index (χ0v) is 14.3. The first kappa shape index (κ1) is 14.9. The van der Waals surface area contributed by atoms with E-state index in [9.17, 15) is 0 Å².